The second-order valence-electron chi connectivity index (χ2n) is 6.43. The Hall–Kier alpha value is -3.29. The van der Waals surface area contributed by atoms with Crippen LogP contribution in [0.3, 0.4) is 0 Å². The molecular weight excluding hydrogens is 346 g/mol. The van der Waals surface area contributed by atoms with Gasteiger partial charge in [0.05, 0.1) is 29.0 Å². The van der Waals surface area contributed by atoms with Gasteiger partial charge in [-0.1, -0.05) is 0 Å². The van der Waals surface area contributed by atoms with Crippen molar-refractivity contribution in [3.8, 4) is 5.88 Å². The molecule has 140 valence electrons. The van der Waals surface area contributed by atoms with Crippen molar-refractivity contribution < 1.29 is 9.53 Å². The van der Waals surface area contributed by atoms with Crippen LogP contribution in [0, 0.1) is 0 Å². The van der Waals surface area contributed by atoms with Crippen LogP contribution in [-0.2, 0) is 0 Å². The minimum absolute atomic E-state index is 0.272. The van der Waals surface area contributed by atoms with Gasteiger partial charge < -0.3 is 24.9 Å². The number of aromatic amines is 2. The van der Waals surface area contributed by atoms with Crippen molar-refractivity contribution in [2.45, 2.75) is 19.8 Å². The summed E-state index contributed by atoms with van der Waals surface area (Å²) in [5, 5.41) is 2.97. The molecule has 2 aromatic heterocycles. The van der Waals surface area contributed by atoms with Crippen LogP contribution in [0.2, 0.25) is 0 Å². The van der Waals surface area contributed by atoms with Gasteiger partial charge in [0.2, 0.25) is 5.88 Å². The molecular formula is C19H21N5O3. The van der Waals surface area contributed by atoms with Crippen molar-refractivity contribution in [2.75, 3.05) is 29.9 Å². The van der Waals surface area contributed by atoms with Gasteiger partial charge in [-0.2, -0.15) is 0 Å². The number of anilines is 2. The van der Waals surface area contributed by atoms with Crippen LogP contribution < -0.4 is 20.6 Å². The molecule has 4 rings (SSSR count). The lowest BCUT2D eigenvalue weighted by Crippen LogP contribution is -2.21. The number of carbonyl (C=O) groups excluding carboxylic acids is 1. The van der Waals surface area contributed by atoms with E-state index in [1.807, 2.05) is 13.0 Å². The lowest BCUT2D eigenvalue weighted by molar-refractivity contribution is 0.102. The number of pyridine rings is 1. The number of nitrogens with one attached hydrogen (secondary N) is 3. The molecule has 0 saturated carbocycles. The van der Waals surface area contributed by atoms with Gasteiger partial charge in [0.15, 0.2) is 0 Å². The Morgan fingerprint density at radius 3 is 2.74 bits per heavy atom. The topological polar surface area (TPSA) is 103 Å². The summed E-state index contributed by atoms with van der Waals surface area (Å²) in [6.45, 7) is 4.10. The van der Waals surface area contributed by atoms with Crippen molar-refractivity contribution in [3.05, 3.63) is 46.5 Å². The van der Waals surface area contributed by atoms with Gasteiger partial charge in [-0.05, 0) is 44.0 Å². The maximum absolute atomic E-state index is 12.9. The van der Waals surface area contributed by atoms with Crippen molar-refractivity contribution in [2.24, 2.45) is 0 Å². The highest BCUT2D eigenvalue weighted by Crippen LogP contribution is 2.32. The Balaban J connectivity index is 1.73. The van der Waals surface area contributed by atoms with E-state index < -0.39 is 0 Å². The third-order valence-corrected chi connectivity index (χ3v) is 4.62. The van der Waals surface area contributed by atoms with Crippen molar-refractivity contribution in [1.29, 1.82) is 0 Å². The number of H-pyrrole nitrogens is 2. The minimum atomic E-state index is -0.302. The van der Waals surface area contributed by atoms with Crippen LogP contribution in [0.5, 0.6) is 5.88 Å². The van der Waals surface area contributed by atoms with Gasteiger partial charge in [0, 0.05) is 19.3 Å². The molecule has 3 heterocycles. The lowest BCUT2D eigenvalue weighted by atomic mass is 10.2. The molecule has 1 aliphatic rings. The summed E-state index contributed by atoms with van der Waals surface area (Å²) in [4.78, 5) is 36.4. The van der Waals surface area contributed by atoms with E-state index in [1.54, 1.807) is 24.4 Å². The van der Waals surface area contributed by atoms with Crippen LogP contribution in [0.4, 0.5) is 11.4 Å². The van der Waals surface area contributed by atoms with E-state index in [-0.39, 0.29) is 11.6 Å². The fraction of sp³-hybridized carbons (Fsp3) is 0.316. The van der Waals surface area contributed by atoms with E-state index in [9.17, 15) is 9.59 Å². The van der Waals surface area contributed by atoms with Crippen LogP contribution in [0.1, 0.15) is 30.1 Å². The molecule has 8 heteroatoms. The number of fused-ring (bicyclic) bond motifs is 1. The highest BCUT2D eigenvalue weighted by atomic mass is 16.5. The Bertz CT molecular complexity index is 1030. The Morgan fingerprint density at radius 1 is 1.26 bits per heavy atom. The fourth-order valence-corrected chi connectivity index (χ4v) is 3.40. The number of rotatable bonds is 5. The highest BCUT2D eigenvalue weighted by molar-refractivity contribution is 6.08. The maximum atomic E-state index is 12.9. The third kappa shape index (κ3) is 3.38. The van der Waals surface area contributed by atoms with Crippen LogP contribution in [0.25, 0.3) is 11.0 Å². The predicted molar refractivity (Wildman–Crippen MR) is 104 cm³/mol. The number of aromatic nitrogens is 3. The molecule has 3 N–H and O–H groups in total. The molecule has 1 aliphatic heterocycles. The molecule has 1 aromatic carbocycles. The fourth-order valence-electron chi connectivity index (χ4n) is 3.40. The summed E-state index contributed by atoms with van der Waals surface area (Å²) in [6.07, 6.45) is 3.80. The van der Waals surface area contributed by atoms with Gasteiger partial charge >= 0.3 is 5.69 Å². The first-order chi connectivity index (χ1) is 13.2. The zero-order chi connectivity index (χ0) is 18.8. The smallest absolute Gasteiger partial charge is 0.323 e. The van der Waals surface area contributed by atoms with Crippen molar-refractivity contribution >= 4 is 28.3 Å². The molecule has 0 unspecified atom stereocenters. The number of imidazole rings is 1. The zero-order valence-electron chi connectivity index (χ0n) is 15.0. The van der Waals surface area contributed by atoms with Crippen molar-refractivity contribution in [3.63, 3.8) is 0 Å². The largest absolute Gasteiger partial charge is 0.477 e. The summed E-state index contributed by atoms with van der Waals surface area (Å²) in [6, 6.07) is 7.07. The van der Waals surface area contributed by atoms with Gasteiger partial charge in [-0.3, -0.25) is 4.79 Å². The second-order valence-corrected chi connectivity index (χ2v) is 6.43. The van der Waals surface area contributed by atoms with E-state index in [1.165, 1.54) is 0 Å². The molecule has 0 bridgehead atoms. The number of hydrogen-bond donors (Lipinski definition) is 3. The van der Waals surface area contributed by atoms with Gasteiger partial charge in [-0.25, -0.2) is 9.78 Å². The summed E-state index contributed by atoms with van der Waals surface area (Å²) in [5.74, 6) is 0.000538. The second kappa shape index (κ2) is 7.14. The first-order valence-corrected chi connectivity index (χ1v) is 9.06. The Kier molecular flexibility index (Phi) is 4.53. The van der Waals surface area contributed by atoms with E-state index in [4.69, 9.17) is 4.74 Å². The van der Waals surface area contributed by atoms with E-state index >= 15 is 0 Å². The molecule has 0 atom stereocenters. The molecule has 1 saturated heterocycles. The van der Waals surface area contributed by atoms with Crippen LogP contribution in [0.15, 0.2) is 35.3 Å². The molecule has 1 fully saturated rings. The number of benzene rings is 1. The summed E-state index contributed by atoms with van der Waals surface area (Å²) in [5.41, 5.74) is 3.01. The highest BCUT2D eigenvalue weighted by Gasteiger charge is 2.20. The van der Waals surface area contributed by atoms with Crippen LogP contribution in [-0.4, -0.2) is 40.6 Å². The standard InChI is InChI=1S/C19H21N5O3/c1-2-27-18-12(6-5-7-20-18)17(25)21-15-10-13-14(23-19(26)22-13)11-16(15)24-8-3-4-9-24/h5-7,10-11H,2-4,8-9H2,1H3,(H,21,25)(H2,22,23,26). The normalized spacial score (nSPS) is 13.9. The average molecular weight is 367 g/mol. The van der Waals surface area contributed by atoms with E-state index in [2.05, 4.69) is 25.2 Å². The first kappa shape index (κ1) is 17.1. The molecule has 0 aliphatic carbocycles. The van der Waals surface area contributed by atoms with Gasteiger partial charge in [-0.15, -0.1) is 0 Å². The minimum Gasteiger partial charge on any atom is -0.477 e. The summed E-state index contributed by atoms with van der Waals surface area (Å²) >= 11 is 0. The van der Waals surface area contributed by atoms with Crippen molar-refractivity contribution in [1.82, 2.24) is 15.0 Å². The number of hydrogen-bond acceptors (Lipinski definition) is 5. The number of amides is 1. The van der Waals surface area contributed by atoms with Gasteiger partial charge in [0.1, 0.15) is 5.56 Å². The first-order valence-electron chi connectivity index (χ1n) is 9.06. The Labute approximate surface area is 155 Å². The molecule has 3 aromatic rings. The molecule has 1 amide bonds. The molecule has 27 heavy (non-hydrogen) atoms. The molecule has 0 radical (unpaired) electrons. The van der Waals surface area contributed by atoms with Gasteiger partial charge in [0.25, 0.3) is 5.91 Å². The van der Waals surface area contributed by atoms with E-state index in [0.29, 0.717) is 29.3 Å². The average Bonchev–Trinajstić information content (AvgIpc) is 3.30. The quantitative estimate of drug-likeness (QED) is 0.643. The number of carbonyl (C=O) groups is 1. The molecule has 0 spiro atoms. The number of nitrogens with zero attached hydrogens (tertiary/aromatic N) is 2. The Morgan fingerprint density at radius 2 is 2.00 bits per heavy atom. The zero-order valence-corrected chi connectivity index (χ0v) is 15.0. The number of ether oxygens (including phenoxy) is 1. The van der Waals surface area contributed by atoms with E-state index in [0.717, 1.165) is 37.1 Å². The van der Waals surface area contributed by atoms with Crippen LogP contribution >= 0.6 is 0 Å². The third-order valence-electron chi connectivity index (χ3n) is 4.62. The summed E-state index contributed by atoms with van der Waals surface area (Å²) < 4.78 is 5.46. The predicted octanol–water partition coefficient (Wildman–Crippen LogP) is 2.50. The monoisotopic (exact) mass is 367 g/mol. The molecule has 8 nitrogen and oxygen atoms in total. The SMILES string of the molecule is CCOc1ncccc1C(=O)Nc1cc2[nH]c(=O)[nH]c2cc1N1CCCC1. The summed E-state index contributed by atoms with van der Waals surface area (Å²) in [7, 11) is 0. The lowest BCUT2D eigenvalue weighted by Gasteiger charge is -2.22. The maximum Gasteiger partial charge on any atom is 0.323 e.